The molecule has 0 aliphatic rings. The Morgan fingerprint density at radius 3 is 2.58 bits per heavy atom. The summed E-state index contributed by atoms with van der Waals surface area (Å²) in [5.41, 5.74) is 9.41. The highest BCUT2D eigenvalue weighted by Crippen LogP contribution is 2.24. The maximum Gasteiger partial charge on any atom is 0.256 e. The predicted octanol–water partition coefficient (Wildman–Crippen LogP) is 3.79. The molecule has 4 heteroatoms. The molecule has 19 heavy (non-hydrogen) atoms. The summed E-state index contributed by atoms with van der Waals surface area (Å²) in [6, 6.07) is 10.7. The van der Waals surface area contributed by atoms with Gasteiger partial charge in [-0.1, -0.05) is 29.8 Å². The molecule has 2 rings (SSSR count). The average molecular weight is 275 g/mol. The van der Waals surface area contributed by atoms with Crippen LogP contribution in [-0.2, 0) is 0 Å². The van der Waals surface area contributed by atoms with Crippen molar-refractivity contribution in [1.29, 1.82) is 0 Å². The molecule has 0 saturated heterocycles. The van der Waals surface area contributed by atoms with E-state index in [0.29, 0.717) is 22.0 Å². The third kappa shape index (κ3) is 2.88. The van der Waals surface area contributed by atoms with Crippen LogP contribution in [0.2, 0.25) is 5.02 Å². The van der Waals surface area contributed by atoms with Crippen LogP contribution in [0.5, 0.6) is 0 Å². The number of anilines is 2. The zero-order valence-electron chi connectivity index (χ0n) is 10.8. The zero-order chi connectivity index (χ0) is 14.0. The summed E-state index contributed by atoms with van der Waals surface area (Å²) in [4.78, 5) is 12.3. The second-order valence-corrected chi connectivity index (χ2v) is 4.89. The molecule has 0 saturated carbocycles. The molecule has 1 amide bonds. The number of carbonyl (C=O) groups is 1. The molecular weight excluding hydrogens is 260 g/mol. The molecule has 2 aromatic carbocycles. The highest BCUT2D eigenvalue weighted by molar-refractivity contribution is 6.31. The van der Waals surface area contributed by atoms with Gasteiger partial charge in [-0.3, -0.25) is 4.79 Å². The predicted molar refractivity (Wildman–Crippen MR) is 79.7 cm³/mol. The second-order valence-electron chi connectivity index (χ2n) is 4.45. The number of nitrogens with two attached hydrogens (primary N) is 1. The van der Waals surface area contributed by atoms with Crippen molar-refractivity contribution in [3.8, 4) is 0 Å². The number of para-hydroxylation sites is 1. The van der Waals surface area contributed by atoms with E-state index in [9.17, 15) is 4.79 Å². The van der Waals surface area contributed by atoms with Crippen molar-refractivity contribution in [2.24, 2.45) is 0 Å². The fourth-order valence-electron chi connectivity index (χ4n) is 1.88. The first-order valence-corrected chi connectivity index (χ1v) is 6.29. The second kappa shape index (κ2) is 5.33. The van der Waals surface area contributed by atoms with Gasteiger partial charge in [0.2, 0.25) is 0 Å². The van der Waals surface area contributed by atoms with Crippen LogP contribution in [0.25, 0.3) is 0 Å². The van der Waals surface area contributed by atoms with Crippen LogP contribution in [0.1, 0.15) is 21.5 Å². The minimum atomic E-state index is -0.207. The Morgan fingerprint density at radius 2 is 1.89 bits per heavy atom. The average Bonchev–Trinajstić information content (AvgIpc) is 2.37. The first kappa shape index (κ1) is 13.4. The number of aryl methyl sites for hydroxylation is 2. The van der Waals surface area contributed by atoms with Crippen LogP contribution in [0, 0.1) is 13.8 Å². The first-order valence-electron chi connectivity index (χ1n) is 5.91. The quantitative estimate of drug-likeness (QED) is 0.819. The van der Waals surface area contributed by atoms with Gasteiger partial charge in [0.15, 0.2) is 0 Å². The number of hydrogen-bond donors (Lipinski definition) is 2. The third-order valence-corrected chi connectivity index (χ3v) is 3.22. The minimum Gasteiger partial charge on any atom is -0.397 e. The Bertz CT molecular complexity index is 618. The van der Waals surface area contributed by atoms with Crippen LogP contribution in [0.3, 0.4) is 0 Å². The van der Waals surface area contributed by atoms with Gasteiger partial charge in [-0.15, -0.1) is 0 Å². The number of nitrogens with one attached hydrogen (secondary N) is 1. The number of benzene rings is 2. The van der Waals surface area contributed by atoms with E-state index in [1.807, 2.05) is 32.0 Å². The molecule has 0 aliphatic carbocycles. The fraction of sp³-hybridized carbons (Fsp3) is 0.133. The van der Waals surface area contributed by atoms with Gasteiger partial charge >= 0.3 is 0 Å². The molecule has 0 aliphatic heterocycles. The Balaban J connectivity index is 2.34. The van der Waals surface area contributed by atoms with E-state index in [1.54, 1.807) is 18.2 Å². The molecule has 0 aromatic heterocycles. The van der Waals surface area contributed by atoms with Crippen LogP contribution in [-0.4, -0.2) is 5.91 Å². The lowest BCUT2D eigenvalue weighted by molar-refractivity contribution is 0.102. The van der Waals surface area contributed by atoms with Gasteiger partial charge in [0, 0.05) is 10.6 Å². The molecule has 0 radical (unpaired) electrons. The van der Waals surface area contributed by atoms with E-state index < -0.39 is 0 Å². The number of nitrogen functional groups attached to an aromatic ring is 1. The zero-order valence-corrected chi connectivity index (χ0v) is 11.6. The molecule has 0 bridgehead atoms. The smallest absolute Gasteiger partial charge is 0.256 e. The largest absolute Gasteiger partial charge is 0.397 e. The minimum absolute atomic E-state index is 0.207. The number of hydrogen-bond acceptors (Lipinski definition) is 2. The van der Waals surface area contributed by atoms with E-state index in [4.69, 9.17) is 17.3 Å². The monoisotopic (exact) mass is 274 g/mol. The molecular formula is C15H15ClN2O. The van der Waals surface area contributed by atoms with Crippen molar-refractivity contribution < 1.29 is 4.79 Å². The van der Waals surface area contributed by atoms with E-state index in [-0.39, 0.29) is 5.91 Å². The number of carbonyl (C=O) groups excluding carboxylic acids is 1. The van der Waals surface area contributed by atoms with Gasteiger partial charge in [-0.05, 0) is 43.2 Å². The van der Waals surface area contributed by atoms with Crippen molar-refractivity contribution in [3.63, 3.8) is 0 Å². The summed E-state index contributed by atoms with van der Waals surface area (Å²) in [5, 5.41) is 3.38. The molecule has 3 N–H and O–H groups in total. The number of amides is 1. The lowest BCUT2D eigenvalue weighted by Crippen LogP contribution is -2.15. The first-order chi connectivity index (χ1) is 8.99. The van der Waals surface area contributed by atoms with Gasteiger partial charge in [-0.25, -0.2) is 0 Å². The van der Waals surface area contributed by atoms with Crippen molar-refractivity contribution in [2.75, 3.05) is 11.1 Å². The summed E-state index contributed by atoms with van der Waals surface area (Å²) in [6.07, 6.45) is 0. The Morgan fingerprint density at radius 1 is 1.16 bits per heavy atom. The molecule has 0 atom stereocenters. The van der Waals surface area contributed by atoms with Crippen LogP contribution in [0.15, 0.2) is 36.4 Å². The number of halogens is 1. The Hall–Kier alpha value is -2.00. The normalized spacial score (nSPS) is 10.3. The lowest BCUT2D eigenvalue weighted by Gasteiger charge is -2.12. The van der Waals surface area contributed by atoms with Crippen LogP contribution < -0.4 is 11.1 Å². The molecule has 2 aromatic rings. The van der Waals surface area contributed by atoms with Crippen molar-refractivity contribution >= 4 is 28.9 Å². The highest BCUT2D eigenvalue weighted by atomic mass is 35.5. The fourth-order valence-corrected chi connectivity index (χ4v) is 2.05. The van der Waals surface area contributed by atoms with E-state index in [1.165, 1.54) is 0 Å². The molecule has 0 fully saturated rings. The molecule has 3 nitrogen and oxygen atoms in total. The molecule has 0 unspecified atom stereocenters. The van der Waals surface area contributed by atoms with Gasteiger partial charge in [-0.2, -0.15) is 0 Å². The van der Waals surface area contributed by atoms with E-state index in [2.05, 4.69) is 5.32 Å². The highest BCUT2D eigenvalue weighted by Gasteiger charge is 2.12. The van der Waals surface area contributed by atoms with Crippen molar-refractivity contribution in [1.82, 2.24) is 0 Å². The van der Waals surface area contributed by atoms with E-state index in [0.717, 1.165) is 11.1 Å². The maximum atomic E-state index is 12.3. The lowest BCUT2D eigenvalue weighted by atomic mass is 10.1. The summed E-state index contributed by atoms with van der Waals surface area (Å²) in [5.74, 6) is -0.207. The topological polar surface area (TPSA) is 55.1 Å². The third-order valence-electron chi connectivity index (χ3n) is 2.99. The summed E-state index contributed by atoms with van der Waals surface area (Å²) in [6.45, 7) is 3.77. The van der Waals surface area contributed by atoms with Crippen LogP contribution in [0.4, 0.5) is 11.4 Å². The SMILES string of the molecule is Cc1ccc(Cl)cc1C(=O)Nc1c(C)cccc1N. The molecule has 98 valence electrons. The van der Waals surface area contributed by atoms with Crippen molar-refractivity contribution in [3.05, 3.63) is 58.1 Å². The molecule has 0 spiro atoms. The van der Waals surface area contributed by atoms with Crippen LogP contribution >= 0.6 is 11.6 Å². The van der Waals surface area contributed by atoms with Gasteiger partial charge in [0.05, 0.1) is 11.4 Å². The summed E-state index contributed by atoms with van der Waals surface area (Å²) < 4.78 is 0. The van der Waals surface area contributed by atoms with Crippen molar-refractivity contribution in [2.45, 2.75) is 13.8 Å². The van der Waals surface area contributed by atoms with Gasteiger partial charge < -0.3 is 11.1 Å². The number of rotatable bonds is 2. The standard InChI is InChI=1S/C15H15ClN2O/c1-9-6-7-11(16)8-12(9)15(19)18-14-10(2)4-3-5-13(14)17/h3-8H,17H2,1-2H3,(H,18,19). The Kier molecular flexibility index (Phi) is 3.76. The molecule has 0 heterocycles. The van der Waals surface area contributed by atoms with Gasteiger partial charge in [0.25, 0.3) is 5.91 Å². The van der Waals surface area contributed by atoms with E-state index >= 15 is 0 Å². The van der Waals surface area contributed by atoms with Gasteiger partial charge in [0.1, 0.15) is 0 Å². The summed E-state index contributed by atoms with van der Waals surface area (Å²) >= 11 is 5.92. The maximum absolute atomic E-state index is 12.3. The Labute approximate surface area is 117 Å². The summed E-state index contributed by atoms with van der Waals surface area (Å²) in [7, 11) is 0.